The molecular formula is C16H13FeN3. The van der Waals surface area contributed by atoms with Gasteiger partial charge in [0, 0.05) is 29.2 Å². The fourth-order valence-electron chi connectivity index (χ4n) is 1.83. The molecule has 0 bridgehead atoms. The molecule has 3 nitrogen and oxygen atoms in total. The summed E-state index contributed by atoms with van der Waals surface area (Å²) in [6.07, 6.45) is 19.8. The summed E-state index contributed by atoms with van der Waals surface area (Å²) in [4.78, 5) is 11.8. The van der Waals surface area contributed by atoms with E-state index in [9.17, 15) is 0 Å². The summed E-state index contributed by atoms with van der Waals surface area (Å²) in [5.74, 6) is 1.98. The normalized spacial score (nSPS) is 18.6. The fourth-order valence-corrected chi connectivity index (χ4v) is 1.83. The van der Waals surface area contributed by atoms with Crippen LogP contribution in [0.2, 0.25) is 0 Å². The summed E-state index contributed by atoms with van der Waals surface area (Å²) in [7, 11) is 0. The fraction of sp³-hybridized carbons (Fsp3) is 0. The Morgan fingerprint density at radius 1 is 0.850 bits per heavy atom. The molecule has 2 aliphatic carbocycles. The number of H-pyrrole nitrogens is 1. The molecule has 0 amide bonds. The number of nitrogens with zero attached hydrogens (tertiary/aromatic N) is 2. The molecule has 0 unspecified atom stereocenters. The molecule has 0 atom stereocenters. The minimum atomic E-state index is 0. The molecule has 2 aliphatic rings. The number of pyridine rings is 1. The maximum Gasteiger partial charge on any atom is 0.177 e. The van der Waals surface area contributed by atoms with Gasteiger partial charge < -0.3 is 4.98 Å². The summed E-state index contributed by atoms with van der Waals surface area (Å²) in [6, 6.07) is 3.87. The standard InChI is InChI=1S/C11H8N3.C5H5.Fe/c1-2-5-8(4-1)10-13-9-6-3-7-12-11(9)14-10;1-2-4-5-3-1;/h1-7H,(H,12,13,14);1-5H;. The van der Waals surface area contributed by atoms with Crippen LogP contribution in [0.3, 0.4) is 0 Å². The monoisotopic (exact) mass is 303 g/mol. The van der Waals surface area contributed by atoms with E-state index < -0.39 is 0 Å². The van der Waals surface area contributed by atoms with Crippen LogP contribution in [0.1, 0.15) is 5.82 Å². The molecular weight excluding hydrogens is 290 g/mol. The molecule has 2 saturated carbocycles. The molecule has 2 aromatic heterocycles. The van der Waals surface area contributed by atoms with Crippen molar-refractivity contribution in [1.82, 2.24) is 15.0 Å². The van der Waals surface area contributed by atoms with Gasteiger partial charge in [0.25, 0.3) is 0 Å². The zero-order valence-corrected chi connectivity index (χ0v) is 11.8. The van der Waals surface area contributed by atoms with Crippen LogP contribution >= 0.6 is 0 Å². The SMILES string of the molecule is [CH]1[CH][CH][CH][CH]1.[CH]1[CH][CH][C](c2nc3ncccc3[nH]2)[CH]1.[Fe]. The molecule has 1 N–H and O–H groups in total. The largest absolute Gasteiger partial charge is 0.340 e. The molecule has 100 valence electrons. The van der Waals surface area contributed by atoms with Gasteiger partial charge in [-0.05, 0) is 69.9 Å². The summed E-state index contributed by atoms with van der Waals surface area (Å²) in [5.41, 5.74) is 1.74. The van der Waals surface area contributed by atoms with Gasteiger partial charge in [-0.25, -0.2) is 9.97 Å². The van der Waals surface area contributed by atoms with Crippen molar-refractivity contribution in [2.75, 3.05) is 0 Å². The van der Waals surface area contributed by atoms with Gasteiger partial charge in [-0.3, -0.25) is 0 Å². The number of aromatic amines is 1. The topological polar surface area (TPSA) is 41.6 Å². The van der Waals surface area contributed by atoms with Crippen molar-refractivity contribution < 1.29 is 17.1 Å². The number of hydrogen-bond acceptors (Lipinski definition) is 2. The van der Waals surface area contributed by atoms with Gasteiger partial charge in [0.15, 0.2) is 5.65 Å². The van der Waals surface area contributed by atoms with E-state index in [0.29, 0.717) is 0 Å². The van der Waals surface area contributed by atoms with Crippen LogP contribution in [0.5, 0.6) is 0 Å². The number of hydrogen-bond donors (Lipinski definition) is 1. The Hall–Kier alpha value is -0.861. The van der Waals surface area contributed by atoms with E-state index in [2.05, 4.69) is 15.0 Å². The summed E-state index contributed by atoms with van der Waals surface area (Å²) < 4.78 is 0. The predicted octanol–water partition coefficient (Wildman–Crippen LogP) is 2.73. The van der Waals surface area contributed by atoms with E-state index in [1.165, 1.54) is 0 Å². The van der Waals surface area contributed by atoms with Crippen LogP contribution in [0, 0.1) is 63.7 Å². The van der Waals surface area contributed by atoms with E-state index in [0.717, 1.165) is 22.9 Å². The van der Waals surface area contributed by atoms with E-state index in [1.54, 1.807) is 6.20 Å². The van der Waals surface area contributed by atoms with Crippen molar-refractivity contribution in [3.05, 3.63) is 87.9 Å². The minimum absolute atomic E-state index is 0. The molecule has 2 aromatic rings. The van der Waals surface area contributed by atoms with Crippen LogP contribution in [-0.2, 0) is 17.1 Å². The van der Waals surface area contributed by atoms with Gasteiger partial charge in [0.05, 0.1) is 5.52 Å². The zero-order valence-electron chi connectivity index (χ0n) is 10.7. The van der Waals surface area contributed by atoms with Gasteiger partial charge in [-0.1, -0.05) is 0 Å². The van der Waals surface area contributed by atoms with Crippen LogP contribution in [0.25, 0.3) is 11.2 Å². The van der Waals surface area contributed by atoms with Crippen LogP contribution in [0.4, 0.5) is 0 Å². The molecule has 4 rings (SSSR count). The third-order valence-corrected chi connectivity index (χ3v) is 2.75. The molecule has 2 heterocycles. The third-order valence-electron chi connectivity index (χ3n) is 2.75. The first-order valence-corrected chi connectivity index (χ1v) is 6.13. The maximum absolute atomic E-state index is 4.39. The average Bonchev–Trinajstić information content (AvgIpc) is 3.20. The van der Waals surface area contributed by atoms with E-state index in [-0.39, 0.29) is 17.1 Å². The van der Waals surface area contributed by atoms with Crippen LogP contribution in [0.15, 0.2) is 18.3 Å². The molecule has 20 heavy (non-hydrogen) atoms. The number of imidazole rings is 1. The number of rotatable bonds is 1. The number of aromatic nitrogens is 3. The van der Waals surface area contributed by atoms with Gasteiger partial charge in [0.1, 0.15) is 5.82 Å². The first-order valence-electron chi connectivity index (χ1n) is 6.13. The molecule has 0 aliphatic heterocycles. The second-order valence-corrected chi connectivity index (χ2v) is 4.10. The van der Waals surface area contributed by atoms with E-state index in [4.69, 9.17) is 0 Å². The number of fused-ring (bicyclic) bond motifs is 1. The Bertz CT molecular complexity index is 473. The second kappa shape index (κ2) is 7.80. The molecule has 0 saturated heterocycles. The summed E-state index contributed by atoms with van der Waals surface area (Å²) >= 11 is 0. The van der Waals surface area contributed by atoms with E-state index in [1.807, 2.05) is 69.9 Å². The summed E-state index contributed by atoms with van der Waals surface area (Å²) in [6.45, 7) is 0. The first kappa shape index (κ1) is 15.5. The van der Waals surface area contributed by atoms with Gasteiger partial charge >= 0.3 is 0 Å². The Kier molecular flexibility index (Phi) is 6.05. The van der Waals surface area contributed by atoms with Crippen molar-refractivity contribution >= 4 is 11.2 Å². The molecule has 2 fully saturated rings. The van der Waals surface area contributed by atoms with Crippen molar-refractivity contribution in [3.63, 3.8) is 0 Å². The first-order chi connectivity index (χ1) is 9.43. The third kappa shape index (κ3) is 3.83. The molecule has 0 aromatic carbocycles. The van der Waals surface area contributed by atoms with Crippen LogP contribution < -0.4 is 0 Å². The predicted molar refractivity (Wildman–Crippen MR) is 74.9 cm³/mol. The Morgan fingerprint density at radius 2 is 1.50 bits per heavy atom. The van der Waals surface area contributed by atoms with Crippen molar-refractivity contribution in [2.24, 2.45) is 0 Å². The van der Waals surface area contributed by atoms with E-state index >= 15 is 0 Å². The van der Waals surface area contributed by atoms with Crippen LogP contribution in [-0.4, -0.2) is 15.0 Å². The average molecular weight is 303 g/mol. The molecule has 10 radical (unpaired) electrons. The summed E-state index contributed by atoms with van der Waals surface area (Å²) in [5, 5.41) is 0. The Labute approximate surface area is 131 Å². The quantitative estimate of drug-likeness (QED) is 0.823. The van der Waals surface area contributed by atoms with Crippen molar-refractivity contribution in [2.45, 2.75) is 0 Å². The minimum Gasteiger partial charge on any atom is -0.340 e. The van der Waals surface area contributed by atoms with Crippen molar-refractivity contribution in [1.29, 1.82) is 0 Å². The zero-order chi connectivity index (χ0) is 12.9. The Morgan fingerprint density at radius 3 is 2.10 bits per heavy atom. The Balaban J connectivity index is 0.000000210. The van der Waals surface area contributed by atoms with Gasteiger partial charge in [-0.2, -0.15) is 0 Å². The smallest absolute Gasteiger partial charge is 0.177 e. The second-order valence-electron chi connectivity index (χ2n) is 4.10. The molecule has 0 spiro atoms. The number of nitrogens with one attached hydrogen (secondary N) is 1. The van der Waals surface area contributed by atoms with Crippen molar-refractivity contribution in [3.8, 4) is 0 Å². The van der Waals surface area contributed by atoms with Gasteiger partial charge in [-0.15, -0.1) is 0 Å². The maximum atomic E-state index is 4.39. The van der Waals surface area contributed by atoms with Gasteiger partial charge in [0.2, 0.25) is 0 Å². The molecule has 4 heteroatoms.